The van der Waals surface area contributed by atoms with Gasteiger partial charge in [-0.3, -0.25) is 4.72 Å². The Morgan fingerprint density at radius 1 is 1.08 bits per heavy atom. The molecular formula is C17H11BrFNO5S. The van der Waals surface area contributed by atoms with Gasteiger partial charge in [0.1, 0.15) is 11.6 Å². The lowest BCUT2D eigenvalue weighted by atomic mass is 10.1. The summed E-state index contributed by atoms with van der Waals surface area (Å²) in [6.45, 7) is 0. The van der Waals surface area contributed by atoms with Crippen LogP contribution in [0.1, 0.15) is 10.6 Å². The number of nitrogens with one attached hydrogen (secondary N) is 1. The number of carboxylic acid groups (broad SMARTS) is 1. The maximum Gasteiger partial charge on any atom is 0.371 e. The lowest BCUT2D eigenvalue weighted by Gasteiger charge is -2.10. The van der Waals surface area contributed by atoms with E-state index in [1.807, 2.05) is 0 Å². The molecule has 3 rings (SSSR count). The minimum atomic E-state index is -3.87. The Balaban J connectivity index is 1.87. The summed E-state index contributed by atoms with van der Waals surface area (Å²) in [5, 5.41) is 8.91. The molecule has 0 aliphatic heterocycles. The third-order valence-corrected chi connectivity index (χ3v) is 5.48. The third-order valence-electron chi connectivity index (χ3n) is 3.43. The fourth-order valence-corrected chi connectivity index (χ4v) is 3.83. The zero-order chi connectivity index (χ0) is 18.9. The Morgan fingerprint density at radius 2 is 1.77 bits per heavy atom. The average Bonchev–Trinajstić information content (AvgIpc) is 3.05. The molecule has 2 aromatic carbocycles. The van der Waals surface area contributed by atoms with Gasteiger partial charge in [0.25, 0.3) is 10.0 Å². The molecule has 0 unspecified atom stereocenters. The smallest absolute Gasteiger partial charge is 0.371 e. The summed E-state index contributed by atoms with van der Waals surface area (Å²) in [6, 6.07) is 11.9. The molecule has 0 aliphatic carbocycles. The summed E-state index contributed by atoms with van der Waals surface area (Å²) in [7, 11) is -3.87. The Hall–Kier alpha value is -2.65. The molecule has 26 heavy (non-hydrogen) atoms. The number of rotatable bonds is 5. The number of halogens is 2. The number of sulfonamides is 1. The predicted molar refractivity (Wildman–Crippen MR) is 96.0 cm³/mol. The Kier molecular flexibility index (Phi) is 4.84. The molecule has 9 heteroatoms. The van der Waals surface area contributed by atoms with E-state index in [0.717, 1.165) is 24.3 Å². The molecule has 2 N–H and O–H groups in total. The van der Waals surface area contributed by atoms with E-state index in [0.29, 0.717) is 15.8 Å². The van der Waals surface area contributed by atoms with Crippen LogP contribution < -0.4 is 4.72 Å². The molecule has 0 spiro atoms. The first kappa shape index (κ1) is 18.2. The van der Waals surface area contributed by atoms with Gasteiger partial charge in [0.2, 0.25) is 5.76 Å². The van der Waals surface area contributed by atoms with Crippen LogP contribution >= 0.6 is 15.9 Å². The summed E-state index contributed by atoms with van der Waals surface area (Å²) in [4.78, 5) is 10.8. The van der Waals surface area contributed by atoms with Crippen LogP contribution in [0.15, 0.2) is 68.4 Å². The lowest BCUT2D eigenvalue weighted by molar-refractivity contribution is 0.0663. The predicted octanol–water partition coefficient (Wildman–Crippen LogP) is 4.35. The van der Waals surface area contributed by atoms with Crippen LogP contribution in [0.25, 0.3) is 11.3 Å². The van der Waals surface area contributed by atoms with E-state index in [4.69, 9.17) is 9.52 Å². The van der Waals surface area contributed by atoms with Crippen LogP contribution in [0.5, 0.6) is 0 Å². The van der Waals surface area contributed by atoms with Crippen molar-refractivity contribution in [3.63, 3.8) is 0 Å². The number of hydrogen-bond acceptors (Lipinski definition) is 4. The van der Waals surface area contributed by atoms with Crippen molar-refractivity contribution in [1.29, 1.82) is 0 Å². The highest BCUT2D eigenvalue weighted by molar-refractivity contribution is 9.10. The third kappa shape index (κ3) is 3.78. The van der Waals surface area contributed by atoms with E-state index in [2.05, 4.69) is 20.7 Å². The van der Waals surface area contributed by atoms with Crippen molar-refractivity contribution >= 4 is 37.6 Å². The second-order valence-corrected chi connectivity index (χ2v) is 7.76. The molecule has 1 heterocycles. The van der Waals surface area contributed by atoms with Gasteiger partial charge in [-0.05, 0) is 70.5 Å². The maximum absolute atomic E-state index is 12.9. The molecule has 0 radical (unpaired) electrons. The highest BCUT2D eigenvalue weighted by atomic mass is 79.9. The second kappa shape index (κ2) is 6.93. The number of carboxylic acids is 1. The van der Waals surface area contributed by atoms with Crippen molar-refractivity contribution in [1.82, 2.24) is 0 Å². The van der Waals surface area contributed by atoms with Crippen LogP contribution in [0, 0.1) is 5.82 Å². The van der Waals surface area contributed by atoms with Crippen LogP contribution in [-0.4, -0.2) is 19.5 Å². The molecule has 0 bridgehead atoms. The number of anilines is 1. The van der Waals surface area contributed by atoms with Gasteiger partial charge in [-0.25, -0.2) is 17.6 Å². The van der Waals surface area contributed by atoms with Crippen molar-refractivity contribution in [3.05, 3.63) is 70.6 Å². The van der Waals surface area contributed by atoms with E-state index < -0.39 is 21.8 Å². The molecule has 0 atom stereocenters. The van der Waals surface area contributed by atoms with Gasteiger partial charge in [0.05, 0.1) is 4.90 Å². The molecule has 0 saturated heterocycles. The number of hydrogen-bond donors (Lipinski definition) is 2. The van der Waals surface area contributed by atoms with Gasteiger partial charge in [-0.2, -0.15) is 0 Å². The molecule has 1 aromatic heterocycles. The van der Waals surface area contributed by atoms with Gasteiger partial charge in [-0.1, -0.05) is 0 Å². The normalized spacial score (nSPS) is 11.3. The van der Waals surface area contributed by atoms with Crippen LogP contribution in [0.4, 0.5) is 10.1 Å². The largest absolute Gasteiger partial charge is 0.475 e. The molecule has 134 valence electrons. The summed E-state index contributed by atoms with van der Waals surface area (Å²) in [5.74, 6) is -1.60. The number of benzene rings is 2. The van der Waals surface area contributed by atoms with E-state index in [9.17, 15) is 17.6 Å². The van der Waals surface area contributed by atoms with Crippen molar-refractivity contribution in [2.24, 2.45) is 0 Å². The zero-order valence-corrected chi connectivity index (χ0v) is 15.3. The quantitative estimate of drug-likeness (QED) is 0.615. The zero-order valence-electron chi connectivity index (χ0n) is 12.9. The first-order chi connectivity index (χ1) is 12.3. The summed E-state index contributed by atoms with van der Waals surface area (Å²) in [5.41, 5.74) is 0.831. The average molecular weight is 440 g/mol. The van der Waals surface area contributed by atoms with E-state index in [-0.39, 0.29) is 16.3 Å². The standard InChI is InChI=1S/C17H11BrFNO5S/c18-14-9-11(20-26(23,24)12-4-1-10(19)2-5-12)3-6-13(14)15-7-8-16(25-15)17(21)22/h1-9,20H,(H,21,22). The molecular weight excluding hydrogens is 429 g/mol. The van der Waals surface area contributed by atoms with E-state index in [1.54, 1.807) is 6.07 Å². The first-order valence-electron chi connectivity index (χ1n) is 7.18. The molecule has 0 fully saturated rings. The monoisotopic (exact) mass is 439 g/mol. The van der Waals surface area contributed by atoms with Gasteiger partial charge in [0.15, 0.2) is 0 Å². The van der Waals surface area contributed by atoms with Crippen LogP contribution in [0.3, 0.4) is 0 Å². The molecule has 6 nitrogen and oxygen atoms in total. The fourth-order valence-electron chi connectivity index (χ4n) is 2.20. The van der Waals surface area contributed by atoms with Crippen molar-refractivity contribution in [2.45, 2.75) is 4.90 Å². The molecule has 0 aliphatic rings. The lowest BCUT2D eigenvalue weighted by Crippen LogP contribution is -2.12. The number of aromatic carboxylic acids is 1. The number of furan rings is 1. The number of carbonyl (C=O) groups is 1. The Morgan fingerprint density at radius 3 is 2.35 bits per heavy atom. The minimum Gasteiger partial charge on any atom is -0.475 e. The highest BCUT2D eigenvalue weighted by Gasteiger charge is 2.16. The molecule has 3 aromatic rings. The van der Waals surface area contributed by atoms with Gasteiger partial charge < -0.3 is 9.52 Å². The van der Waals surface area contributed by atoms with Gasteiger partial charge in [-0.15, -0.1) is 0 Å². The maximum atomic E-state index is 12.9. The van der Waals surface area contributed by atoms with E-state index >= 15 is 0 Å². The SMILES string of the molecule is O=C(O)c1ccc(-c2ccc(NS(=O)(=O)c3ccc(F)cc3)cc2Br)o1. The Bertz CT molecular complexity index is 1080. The highest BCUT2D eigenvalue weighted by Crippen LogP contribution is 2.32. The van der Waals surface area contributed by atoms with Crippen LogP contribution in [0.2, 0.25) is 0 Å². The van der Waals surface area contributed by atoms with E-state index in [1.165, 1.54) is 24.3 Å². The molecule has 0 amide bonds. The summed E-state index contributed by atoms with van der Waals surface area (Å²) >= 11 is 3.31. The van der Waals surface area contributed by atoms with Crippen molar-refractivity contribution in [3.8, 4) is 11.3 Å². The molecule has 0 saturated carbocycles. The van der Waals surface area contributed by atoms with Gasteiger partial charge in [0, 0.05) is 15.7 Å². The second-order valence-electron chi connectivity index (χ2n) is 5.22. The first-order valence-corrected chi connectivity index (χ1v) is 9.45. The summed E-state index contributed by atoms with van der Waals surface area (Å²) in [6.07, 6.45) is 0. The summed E-state index contributed by atoms with van der Waals surface area (Å²) < 4.78 is 45.7. The minimum absolute atomic E-state index is 0.0729. The topological polar surface area (TPSA) is 96.6 Å². The van der Waals surface area contributed by atoms with Crippen molar-refractivity contribution in [2.75, 3.05) is 4.72 Å². The fraction of sp³-hybridized carbons (Fsp3) is 0. The van der Waals surface area contributed by atoms with Crippen LogP contribution in [-0.2, 0) is 10.0 Å². The van der Waals surface area contributed by atoms with Gasteiger partial charge >= 0.3 is 5.97 Å². The van der Waals surface area contributed by atoms with Crippen molar-refractivity contribution < 1.29 is 27.1 Å². The Labute approximate surface area is 156 Å².